The number of carbonyl (C=O) groups excluding carboxylic acids is 1. The van der Waals surface area contributed by atoms with E-state index in [9.17, 15) is 9.59 Å². The van der Waals surface area contributed by atoms with E-state index in [1.807, 2.05) is 62.1 Å². The van der Waals surface area contributed by atoms with Gasteiger partial charge in [-0.05, 0) is 50.8 Å². The Labute approximate surface area is 194 Å². The normalized spacial score (nSPS) is 15.4. The molecule has 174 valence electrons. The number of piperidine rings is 1. The van der Waals surface area contributed by atoms with Gasteiger partial charge in [0.1, 0.15) is 5.52 Å². The monoisotopic (exact) mass is 448 g/mol. The molecule has 8 heteroatoms. The summed E-state index contributed by atoms with van der Waals surface area (Å²) in [6.07, 6.45) is 4.11. The van der Waals surface area contributed by atoms with Crippen LogP contribution in [0.4, 0.5) is 10.6 Å². The number of nitrogens with one attached hydrogen (secondary N) is 2. The van der Waals surface area contributed by atoms with Crippen LogP contribution in [0.3, 0.4) is 0 Å². The van der Waals surface area contributed by atoms with Crippen LogP contribution in [0.15, 0.2) is 47.4 Å². The summed E-state index contributed by atoms with van der Waals surface area (Å²) >= 11 is 0. The van der Waals surface area contributed by atoms with Gasteiger partial charge >= 0.3 is 6.03 Å². The Morgan fingerprint density at radius 1 is 1.18 bits per heavy atom. The molecular weight excluding hydrogens is 416 g/mol. The molecule has 1 aromatic carbocycles. The summed E-state index contributed by atoms with van der Waals surface area (Å²) < 4.78 is 1.71. The Morgan fingerprint density at radius 3 is 2.61 bits per heavy atom. The Hall–Kier alpha value is -3.42. The van der Waals surface area contributed by atoms with Gasteiger partial charge in [-0.3, -0.25) is 9.36 Å². The predicted molar refractivity (Wildman–Crippen MR) is 131 cm³/mol. The highest BCUT2D eigenvalue weighted by molar-refractivity contribution is 5.74. The number of aryl methyl sites for hydroxylation is 1. The third kappa shape index (κ3) is 5.32. The first-order valence-electron chi connectivity index (χ1n) is 11.7. The van der Waals surface area contributed by atoms with Gasteiger partial charge in [0, 0.05) is 31.4 Å². The van der Waals surface area contributed by atoms with E-state index in [4.69, 9.17) is 0 Å². The first kappa shape index (κ1) is 22.8. The Bertz CT molecular complexity index is 1170. The zero-order chi connectivity index (χ0) is 23.4. The maximum atomic E-state index is 13.5. The number of urea groups is 1. The smallest absolute Gasteiger partial charge is 0.315 e. The fourth-order valence-electron chi connectivity index (χ4n) is 4.08. The van der Waals surface area contributed by atoms with E-state index in [0.29, 0.717) is 36.6 Å². The summed E-state index contributed by atoms with van der Waals surface area (Å²) in [7, 11) is 0. The molecule has 0 spiro atoms. The molecular formula is C25H32N6O2. The minimum absolute atomic E-state index is 0.0854. The molecule has 1 unspecified atom stereocenters. The van der Waals surface area contributed by atoms with E-state index in [0.717, 1.165) is 24.8 Å². The van der Waals surface area contributed by atoms with Crippen LogP contribution in [0.2, 0.25) is 0 Å². The van der Waals surface area contributed by atoms with Crippen molar-refractivity contribution in [3.8, 4) is 0 Å². The molecule has 3 heterocycles. The molecule has 1 saturated heterocycles. The largest absolute Gasteiger partial charge is 0.352 e. The van der Waals surface area contributed by atoms with Crippen molar-refractivity contribution in [3.63, 3.8) is 0 Å². The molecule has 2 N–H and O–H groups in total. The van der Waals surface area contributed by atoms with Crippen molar-refractivity contribution >= 4 is 23.0 Å². The summed E-state index contributed by atoms with van der Waals surface area (Å²) in [6.45, 7) is 7.84. The average Bonchev–Trinajstić information content (AvgIpc) is 2.82. The van der Waals surface area contributed by atoms with Crippen LogP contribution < -0.4 is 21.1 Å². The van der Waals surface area contributed by atoms with Gasteiger partial charge in [0.15, 0.2) is 11.5 Å². The number of hydrogen-bond acceptors (Lipinski definition) is 5. The van der Waals surface area contributed by atoms with Crippen molar-refractivity contribution in [2.45, 2.75) is 58.7 Å². The van der Waals surface area contributed by atoms with Gasteiger partial charge in [0.25, 0.3) is 5.56 Å². The minimum atomic E-state index is -0.136. The minimum Gasteiger partial charge on any atom is -0.352 e. The standard InChI is InChI=1S/C25H32N6O2/c1-4-18(3)27-25(33)28-20-11-14-30(15-12-20)23-24(32)31(16-19-9-7-17(2)8-10-19)22-21(29-23)6-5-13-26-22/h5-10,13,18,20H,4,11-12,14-16H2,1-3H3,(H2,27,28,33). The lowest BCUT2D eigenvalue weighted by molar-refractivity contribution is 0.231. The first-order chi connectivity index (χ1) is 15.9. The van der Waals surface area contributed by atoms with Crippen LogP contribution in [0.1, 0.15) is 44.2 Å². The molecule has 0 aliphatic carbocycles. The van der Waals surface area contributed by atoms with Crippen molar-refractivity contribution in [2.24, 2.45) is 0 Å². The highest BCUT2D eigenvalue weighted by atomic mass is 16.2. The van der Waals surface area contributed by atoms with Crippen molar-refractivity contribution in [3.05, 3.63) is 64.1 Å². The van der Waals surface area contributed by atoms with Gasteiger partial charge in [-0.15, -0.1) is 0 Å². The fourth-order valence-corrected chi connectivity index (χ4v) is 4.08. The molecule has 1 fully saturated rings. The molecule has 8 nitrogen and oxygen atoms in total. The van der Waals surface area contributed by atoms with E-state index < -0.39 is 0 Å². The van der Waals surface area contributed by atoms with Gasteiger partial charge in [-0.1, -0.05) is 36.8 Å². The van der Waals surface area contributed by atoms with Gasteiger partial charge in [-0.25, -0.2) is 14.8 Å². The van der Waals surface area contributed by atoms with Gasteiger partial charge in [-0.2, -0.15) is 0 Å². The summed E-state index contributed by atoms with van der Waals surface area (Å²) in [5.41, 5.74) is 3.38. The molecule has 0 saturated carbocycles. The summed E-state index contributed by atoms with van der Waals surface area (Å²) in [5.74, 6) is 0.449. The summed E-state index contributed by atoms with van der Waals surface area (Å²) in [4.78, 5) is 36.8. The van der Waals surface area contributed by atoms with Crippen molar-refractivity contribution in [1.29, 1.82) is 0 Å². The Kier molecular flexibility index (Phi) is 6.91. The Balaban J connectivity index is 1.54. The number of carbonyl (C=O) groups is 1. The lowest BCUT2D eigenvalue weighted by Gasteiger charge is -2.33. The predicted octanol–water partition coefficient (Wildman–Crippen LogP) is 3.21. The molecule has 3 aromatic rings. The maximum Gasteiger partial charge on any atom is 0.315 e. The van der Waals surface area contributed by atoms with E-state index in [1.54, 1.807) is 10.8 Å². The lowest BCUT2D eigenvalue weighted by atomic mass is 10.1. The van der Waals surface area contributed by atoms with Crippen LogP contribution in [-0.2, 0) is 6.54 Å². The van der Waals surface area contributed by atoms with Crippen molar-refractivity contribution < 1.29 is 4.79 Å². The maximum absolute atomic E-state index is 13.5. The Morgan fingerprint density at radius 2 is 1.91 bits per heavy atom. The van der Waals surface area contributed by atoms with E-state index >= 15 is 0 Å². The van der Waals surface area contributed by atoms with E-state index in [-0.39, 0.29) is 23.7 Å². The number of nitrogens with zero attached hydrogens (tertiary/aromatic N) is 4. The number of benzene rings is 1. The molecule has 1 atom stereocenters. The fraction of sp³-hybridized carbons (Fsp3) is 0.440. The van der Waals surface area contributed by atoms with E-state index in [1.165, 1.54) is 5.56 Å². The highest BCUT2D eigenvalue weighted by Crippen LogP contribution is 2.19. The summed E-state index contributed by atoms with van der Waals surface area (Å²) in [6, 6.07) is 12.0. The third-order valence-corrected chi connectivity index (χ3v) is 6.27. The number of fused-ring (bicyclic) bond motifs is 1. The quantitative estimate of drug-likeness (QED) is 0.604. The second-order valence-corrected chi connectivity index (χ2v) is 8.85. The van der Waals surface area contributed by atoms with Crippen LogP contribution >= 0.6 is 0 Å². The summed E-state index contributed by atoms with van der Waals surface area (Å²) in [5, 5.41) is 6.01. The first-order valence-corrected chi connectivity index (χ1v) is 11.7. The number of amides is 2. The van der Waals surface area contributed by atoms with Crippen LogP contribution in [0, 0.1) is 6.92 Å². The molecule has 0 bridgehead atoms. The van der Waals surface area contributed by atoms with Crippen molar-refractivity contribution in [1.82, 2.24) is 25.2 Å². The van der Waals surface area contributed by atoms with Crippen molar-refractivity contribution in [2.75, 3.05) is 18.0 Å². The average molecular weight is 449 g/mol. The topological polar surface area (TPSA) is 92.2 Å². The van der Waals surface area contributed by atoms with Gasteiger partial charge in [0.2, 0.25) is 0 Å². The molecule has 0 radical (unpaired) electrons. The second kappa shape index (κ2) is 10.0. The molecule has 2 amide bonds. The second-order valence-electron chi connectivity index (χ2n) is 8.85. The van der Waals surface area contributed by atoms with E-state index in [2.05, 4.69) is 20.6 Å². The number of rotatable bonds is 6. The van der Waals surface area contributed by atoms with Crippen LogP contribution in [-0.4, -0.2) is 45.7 Å². The molecule has 4 rings (SSSR count). The molecule has 1 aliphatic heterocycles. The van der Waals surface area contributed by atoms with Crippen LogP contribution in [0.25, 0.3) is 11.2 Å². The lowest BCUT2D eigenvalue weighted by Crippen LogP contribution is -2.50. The van der Waals surface area contributed by atoms with Crippen LogP contribution in [0.5, 0.6) is 0 Å². The number of aromatic nitrogens is 3. The van der Waals surface area contributed by atoms with Gasteiger partial charge < -0.3 is 15.5 Å². The zero-order valence-corrected chi connectivity index (χ0v) is 19.5. The number of anilines is 1. The SMILES string of the molecule is CCC(C)NC(=O)NC1CCN(c2nc3cccnc3n(Cc3ccc(C)cc3)c2=O)CC1. The molecule has 1 aliphatic rings. The number of pyridine rings is 1. The zero-order valence-electron chi connectivity index (χ0n) is 19.5. The molecule has 33 heavy (non-hydrogen) atoms. The molecule has 2 aromatic heterocycles. The number of hydrogen-bond donors (Lipinski definition) is 2. The highest BCUT2D eigenvalue weighted by Gasteiger charge is 2.25. The third-order valence-electron chi connectivity index (χ3n) is 6.27. The van der Waals surface area contributed by atoms with Gasteiger partial charge in [0.05, 0.1) is 6.54 Å².